The van der Waals surface area contributed by atoms with Gasteiger partial charge in [0.05, 0.1) is 10.4 Å². The number of hydrogen-bond donors (Lipinski definition) is 0. The third-order valence-corrected chi connectivity index (χ3v) is 4.21. The Morgan fingerprint density at radius 1 is 0.917 bits per heavy atom. The molecule has 24 heavy (non-hydrogen) atoms. The van der Waals surface area contributed by atoms with Gasteiger partial charge in [-0.25, -0.2) is 4.98 Å². The molecule has 0 saturated carbocycles. The molecule has 5 heteroatoms. The molecule has 0 aliphatic carbocycles. The summed E-state index contributed by atoms with van der Waals surface area (Å²) in [6.07, 6.45) is 0. The van der Waals surface area contributed by atoms with Gasteiger partial charge in [0.25, 0.3) is 5.69 Å². The highest BCUT2D eigenvalue weighted by Crippen LogP contribution is 2.39. The van der Waals surface area contributed by atoms with E-state index in [2.05, 4.69) is 4.98 Å². The number of non-ortho nitro benzene ring substituents is 1. The zero-order valence-electron chi connectivity index (χ0n) is 12.4. The van der Waals surface area contributed by atoms with Crippen LogP contribution in [0.5, 0.6) is 0 Å². The number of nitro groups is 1. The molecule has 0 bridgehead atoms. The highest BCUT2D eigenvalue weighted by molar-refractivity contribution is 6.32. The molecule has 0 radical (unpaired) electrons. The zero-order chi connectivity index (χ0) is 16.7. The molecule has 0 saturated heterocycles. The summed E-state index contributed by atoms with van der Waals surface area (Å²) in [5.74, 6) is 0. The molecule has 4 nitrogen and oxygen atoms in total. The van der Waals surface area contributed by atoms with Gasteiger partial charge >= 0.3 is 0 Å². The van der Waals surface area contributed by atoms with Crippen LogP contribution in [0.1, 0.15) is 0 Å². The van der Waals surface area contributed by atoms with Crippen LogP contribution in [0, 0.1) is 10.1 Å². The Bertz CT molecular complexity index is 1090. The monoisotopic (exact) mass is 334 g/mol. The minimum absolute atomic E-state index is 0.0829. The van der Waals surface area contributed by atoms with Gasteiger partial charge in [0.15, 0.2) is 0 Å². The summed E-state index contributed by atoms with van der Waals surface area (Å²) in [6, 6.07) is 20.5. The number of para-hydroxylation sites is 1. The molecule has 0 atom stereocenters. The van der Waals surface area contributed by atoms with Crippen molar-refractivity contribution < 1.29 is 4.92 Å². The second-order valence-corrected chi connectivity index (χ2v) is 5.88. The first-order chi connectivity index (χ1) is 11.6. The molecule has 0 unspecified atom stereocenters. The van der Waals surface area contributed by atoms with E-state index in [0.717, 1.165) is 16.5 Å². The smallest absolute Gasteiger partial charge is 0.258 e. The van der Waals surface area contributed by atoms with Crippen LogP contribution in [0.4, 0.5) is 5.69 Å². The second-order valence-electron chi connectivity index (χ2n) is 5.45. The minimum Gasteiger partial charge on any atom is -0.258 e. The predicted octanol–water partition coefficient (Wildman–Crippen LogP) is 5.62. The van der Waals surface area contributed by atoms with Crippen LogP contribution in [-0.2, 0) is 0 Å². The summed E-state index contributed by atoms with van der Waals surface area (Å²) in [6.45, 7) is 0. The van der Waals surface area contributed by atoms with Gasteiger partial charge < -0.3 is 0 Å². The van der Waals surface area contributed by atoms with Crippen molar-refractivity contribution in [2.75, 3.05) is 0 Å². The topological polar surface area (TPSA) is 56.0 Å². The Hall–Kier alpha value is -2.98. The van der Waals surface area contributed by atoms with Crippen molar-refractivity contribution in [1.82, 2.24) is 4.98 Å². The molecule has 0 N–H and O–H groups in total. The maximum absolute atomic E-state index is 11.5. The third kappa shape index (κ3) is 2.28. The number of aromatic nitrogens is 1. The molecule has 0 aliphatic rings. The molecule has 0 spiro atoms. The molecule has 1 heterocycles. The number of hydrogen-bond acceptors (Lipinski definition) is 3. The lowest BCUT2D eigenvalue weighted by Crippen LogP contribution is -1.95. The molecular formula is C19H11ClN2O2. The van der Waals surface area contributed by atoms with Crippen LogP contribution >= 0.6 is 11.6 Å². The summed E-state index contributed by atoms with van der Waals surface area (Å²) in [5, 5.41) is 13.4. The normalized spacial score (nSPS) is 11.0. The minimum atomic E-state index is -0.440. The molecular weight excluding hydrogens is 324 g/mol. The lowest BCUT2D eigenvalue weighted by molar-refractivity contribution is -0.383. The maximum atomic E-state index is 11.5. The van der Waals surface area contributed by atoms with Crippen molar-refractivity contribution in [2.24, 2.45) is 0 Å². The van der Waals surface area contributed by atoms with E-state index in [0.29, 0.717) is 21.4 Å². The van der Waals surface area contributed by atoms with Crippen molar-refractivity contribution in [3.8, 4) is 11.1 Å². The first-order valence-corrected chi connectivity index (χ1v) is 7.75. The molecule has 4 aromatic rings. The van der Waals surface area contributed by atoms with Gasteiger partial charge in [-0.2, -0.15) is 0 Å². The van der Waals surface area contributed by atoms with Gasteiger partial charge in [-0.3, -0.25) is 10.1 Å². The fourth-order valence-corrected chi connectivity index (χ4v) is 3.21. The fraction of sp³-hybridized carbons (Fsp3) is 0. The van der Waals surface area contributed by atoms with Crippen molar-refractivity contribution >= 4 is 39.1 Å². The Labute approximate surface area is 142 Å². The van der Waals surface area contributed by atoms with Crippen molar-refractivity contribution in [1.29, 1.82) is 0 Å². The number of fused-ring (bicyclic) bond motifs is 2. The first kappa shape index (κ1) is 14.6. The molecule has 0 fully saturated rings. The standard InChI is InChI=1S/C19H11ClN2O2/c20-13-10-15-18(12-6-2-1-3-7-12)14-8-4-5-9-16(14)21-19(15)17(11-13)22(23)24/h1-11H. The van der Waals surface area contributed by atoms with E-state index in [1.54, 1.807) is 6.07 Å². The Morgan fingerprint density at radius 3 is 2.38 bits per heavy atom. The summed E-state index contributed by atoms with van der Waals surface area (Å²) in [5.41, 5.74) is 2.86. The average Bonchev–Trinajstić information content (AvgIpc) is 2.60. The highest BCUT2D eigenvalue weighted by Gasteiger charge is 2.20. The number of nitro benzene ring substituents is 1. The number of halogens is 1. The average molecular weight is 335 g/mol. The van der Waals surface area contributed by atoms with E-state index in [1.165, 1.54) is 6.07 Å². The van der Waals surface area contributed by atoms with Crippen LogP contribution < -0.4 is 0 Å². The van der Waals surface area contributed by atoms with Crippen LogP contribution in [0.2, 0.25) is 5.02 Å². The van der Waals surface area contributed by atoms with Gasteiger partial charge in [0, 0.05) is 27.4 Å². The lowest BCUT2D eigenvalue weighted by atomic mass is 9.96. The van der Waals surface area contributed by atoms with Crippen LogP contribution in [0.3, 0.4) is 0 Å². The van der Waals surface area contributed by atoms with E-state index in [9.17, 15) is 10.1 Å². The van der Waals surface area contributed by atoms with Gasteiger partial charge in [-0.1, -0.05) is 60.1 Å². The quantitative estimate of drug-likeness (QED) is 0.272. The highest BCUT2D eigenvalue weighted by atomic mass is 35.5. The van der Waals surface area contributed by atoms with Gasteiger partial charge in [0.2, 0.25) is 0 Å². The number of benzene rings is 3. The third-order valence-electron chi connectivity index (χ3n) is 3.99. The summed E-state index contributed by atoms with van der Waals surface area (Å²) >= 11 is 6.15. The molecule has 0 amide bonds. The Balaban J connectivity index is 2.27. The van der Waals surface area contributed by atoms with Crippen molar-refractivity contribution in [3.05, 3.63) is 81.9 Å². The van der Waals surface area contributed by atoms with E-state index in [1.807, 2.05) is 54.6 Å². The lowest BCUT2D eigenvalue weighted by Gasteiger charge is -2.11. The van der Waals surface area contributed by atoms with E-state index in [-0.39, 0.29) is 5.69 Å². The number of pyridine rings is 1. The molecule has 4 rings (SSSR count). The zero-order valence-corrected chi connectivity index (χ0v) is 13.2. The SMILES string of the molecule is O=[N+]([O-])c1cc(Cl)cc2c(-c3ccccc3)c3ccccc3nc12. The largest absolute Gasteiger partial charge is 0.296 e. The Kier molecular flexibility index (Phi) is 3.40. The Morgan fingerprint density at radius 2 is 1.62 bits per heavy atom. The maximum Gasteiger partial charge on any atom is 0.296 e. The summed E-state index contributed by atoms with van der Waals surface area (Å²) in [7, 11) is 0. The van der Waals surface area contributed by atoms with E-state index in [4.69, 9.17) is 11.6 Å². The molecule has 1 aromatic heterocycles. The molecule has 116 valence electrons. The van der Waals surface area contributed by atoms with E-state index >= 15 is 0 Å². The fourth-order valence-electron chi connectivity index (χ4n) is 3.00. The van der Waals surface area contributed by atoms with Crippen LogP contribution in [0.25, 0.3) is 32.9 Å². The summed E-state index contributed by atoms with van der Waals surface area (Å²) in [4.78, 5) is 15.5. The van der Waals surface area contributed by atoms with Crippen LogP contribution in [0.15, 0.2) is 66.7 Å². The number of rotatable bonds is 2. The second kappa shape index (κ2) is 5.58. The number of nitrogens with zero attached hydrogens (tertiary/aromatic N) is 2. The van der Waals surface area contributed by atoms with E-state index < -0.39 is 4.92 Å². The predicted molar refractivity (Wildman–Crippen MR) is 96.3 cm³/mol. The van der Waals surface area contributed by atoms with Gasteiger partial charge in [-0.05, 0) is 17.7 Å². The summed E-state index contributed by atoms with van der Waals surface area (Å²) < 4.78 is 0. The molecule has 3 aromatic carbocycles. The van der Waals surface area contributed by atoms with Gasteiger partial charge in [-0.15, -0.1) is 0 Å². The van der Waals surface area contributed by atoms with Gasteiger partial charge in [0.1, 0.15) is 5.52 Å². The van der Waals surface area contributed by atoms with Crippen molar-refractivity contribution in [3.63, 3.8) is 0 Å². The van der Waals surface area contributed by atoms with Crippen LogP contribution in [-0.4, -0.2) is 9.91 Å². The first-order valence-electron chi connectivity index (χ1n) is 7.37. The molecule has 0 aliphatic heterocycles. The van der Waals surface area contributed by atoms with Crippen molar-refractivity contribution in [2.45, 2.75) is 0 Å².